The number of carbonyl (C=O) groups excluding carboxylic acids is 1. The average molecular weight is 386 g/mol. The van der Waals surface area contributed by atoms with E-state index in [0.29, 0.717) is 12.2 Å². The minimum Gasteiger partial charge on any atom is -0.483 e. The molecule has 0 aliphatic rings. The number of benzene rings is 3. The van der Waals surface area contributed by atoms with Crippen LogP contribution in [0.2, 0.25) is 0 Å². The third-order valence-corrected chi connectivity index (χ3v) is 4.66. The molecular formula is C25H26N2O2. The Labute approximate surface area is 172 Å². The normalized spacial score (nSPS) is 11.2. The quantitative estimate of drug-likeness (QED) is 0.444. The molecule has 1 N–H and O–H groups in total. The lowest BCUT2D eigenvalue weighted by Crippen LogP contribution is -2.26. The molecule has 0 saturated heterocycles. The monoisotopic (exact) mass is 386 g/mol. The first-order chi connectivity index (χ1) is 14.1. The largest absolute Gasteiger partial charge is 0.483 e. The van der Waals surface area contributed by atoms with E-state index < -0.39 is 0 Å². The summed E-state index contributed by atoms with van der Waals surface area (Å²) >= 11 is 0. The lowest BCUT2D eigenvalue weighted by molar-refractivity contribution is -0.123. The van der Waals surface area contributed by atoms with Crippen LogP contribution in [0.4, 0.5) is 0 Å². The van der Waals surface area contributed by atoms with Gasteiger partial charge in [-0.1, -0.05) is 79.2 Å². The van der Waals surface area contributed by atoms with Crippen molar-refractivity contribution in [2.75, 3.05) is 6.61 Å². The van der Waals surface area contributed by atoms with Gasteiger partial charge in [-0.15, -0.1) is 0 Å². The molecule has 0 aromatic heterocycles. The number of nitrogens with one attached hydrogen (secondary N) is 1. The van der Waals surface area contributed by atoms with Gasteiger partial charge in [-0.25, -0.2) is 5.43 Å². The molecule has 0 heterocycles. The van der Waals surface area contributed by atoms with Gasteiger partial charge in [-0.2, -0.15) is 5.10 Å². The molecule has 29 heavy (non-hydrogen) atoms. The van der Waals surface area contributed by atoms with Crippen LogP contribution in [-0.4, -0.2) is 18.2 Å². The summed E-state index contributed by atoms with van der Waals surface area (Å²) in [6.45, 7) is 5.93. The van der Waals surface area contributed by atoms with Crippen molar-refractivity contribution >= 4 is 11.6 Å². The van der Waals surface area contributed by atoms with Crippen LogP contribution in [0.5, 0.6) is 5.75 Å². The number of nitrogens with zero attached hydrogens (tertiary/aromatic N) is 1. The minimum absolute atomic E-state index is 0.0721. The van der Waals surface area contributed by atoms with E-state index >= 15 is 0 Å². The van der Waals surface area contributed by atoms with Crippen LogP contribution < -0.4 is 10.2 Å². The first-order valence-electron chi connectivity index (χ1n) is 9.78. The highest BCUT2D eigenvalue weighted by molar-refractivity contribution is 6.01. The Balaban J connectivity index is 1.61. The van der Waals surface area contributed by atoms with E-state index in [-0.39, 0.29) is 12.5 Å². The Morgan fingerprint density at radius 3 is 2.28 bits per heavy atom. The van der Waals surface area contributed by atoms with Crippen molar-refractivity contribution in [1.82, 2.24) is 5.43 Å². The van der Waals surface area contributed by atoms with Crippen LogP contribution in [0.1, 0.15) is 30.0 Å². The van der Waals surface area contributed by atoms with Crippen LogP contribution in [0.15, 0.2) is 77.9 Å². The lowest BCUT2D eigenvalue weighted by atomic mass is 10.0. The molecule has 0 bridgehead atoms. The number of hydrogen-bond donors (Lipinski definition) is 1. The maximum absolute atomic E-state index is 12.1. The summed E-state index contributed by atoms with van der Waals surface area (Å²) in [5.41, 5.74) is 8.91. The molecule has 0 saturated carbocycles. The number of hydrogen-bond acceptors (Lipinski definition) is 3. The van der Waals surface area contributed by atoms with Gasteiger partial charge in [-0.05, 0) is 48.6 Å². The van der Waals surface area contributed by atoms with Crippen molar-refractivity contribution in [3.05, 3.63) is 89.5 Å². The van der Waals surface area contributed by atoms with Gasteiger partial charge in [0.05, 0.1) is 5.71 Å². The Morgan fingerprint density at radius 1 is 0.931 bits per heavy atom. The highest BCUT2D eigenvalue weighted by Gasteiger charge is 2.07. The number of carbonyl (C=O) groups is 1. The first-order valence-corrected chi connectivity index (χ1v) is 9.78. The maximum atomic E-state index is 12.1. The van der Waals surface area contributed by atoms with Crippen molar-refractivity contribution in [2.45, 2.75) is 27.2 Å². The summed E-state index contributed by atoms with van der Waals surface area (Å²) in [6.07, 6.45) is 0.711. The highest BCUT2D eigenvalue weighted by atomic mass is 16.5. The molecule has 148 valence electrons. The number of aryl methyl sites for hydroxylation is 2. The molecule has 0 unspecified atom stereocenters. The molecule has 4 nitrogen and oxygen atoms in total. The minimum atomic E-state index is -0.281. The Morgan fingerprint density at radius 2 is 1.62 bits per heavy atom. The van der Waals surface area contributed by atoms with E-state index in [1.807, 2.05) is 69.3 Å². The number of hydrazone groups is 1. The molecule has 0 atom stereocenters. The van der Waals surface area contributed by atoms with Crippen LogP contribution >= 0.6 is 0 Å². The standard InChI is InChI=1S/C25H26N2O2/c1-4-23(22-13-11-21(12-14-22)20-8-6-5-7-9-20)26-27-25(28)17-29-24-15-10-18(2)16-19(24)3/h5-16H,4,17H2,1-3H3,(H,27,28)/b26-23+. The van der Waals surface area contributed by atoms with Gasteiger partial charge in [0.25, 0.3) is 5.91 Å². The molecule has 3 aromatic rings. The van der Waals surface area contributed by atoms with Gasteiger partial charge in [-0.3, -0.25) is 4.79 Å². The van der Waals surface area contributed by atoms with E-state index in [1.54, 1.807) is 0 Å². The smallest absolute Gasteiger partial charge is 0.277 e. The van der Waals surface area contributed by atoms with E-state index in [9.17, 15) is 4.79 Å². The molecule has 0 radical (unpaired) electrons. The summed E-state index contributed by atoms with van der Waals surface area (Å²) in [7, 11) is 0. The third-order valence-electron chi connectivity index (χ3n) is 4.66. The Kier molecular flexibility index (Phi) is 6.80. The zero-order valence-corrected chi connectivity index (χ0v) is 17.1. The molecule has 0 fully saturated rings. The summed E-state index contributed by atoms with van der Waals surface area (Å²) in [5, 5.41) is 4.30. The number of rotatable bonds is 7. The molecule has 1 amide bonds. The predicted molar refractivity (Wildman–Crippen MR) is 118 cm³/mol. The zero-order chi connectivity index (χ0) is 20.6. The first kappa shape index (κ1) is 20.3. The summed E-state index contributed by atoms with van der Waals surface area (Å²) in [6, 6.07) is 24.3. The van der Waals surface area contributed by atoms with Gasteiger partial charge in [0.15, 0.2) is 6.61 Å². The van der Waals surface area contributed by atoms with Crippen molar-refractivity contribution in [2.24, 2.45) is 5.10 Å². The van der Waals surface area contributed by atoms with Gasteiger partial charge in [0.2, 0.25) is 0 Å². The fourth-order valence-corrected chi connectivity index (χ4v) is 3.10. The van der Waals surface area contributed by atoms with Crippen LogP contribution in [-0.2, 0) is 4.79 Å². The van der Waals surface area contributed by atoms with E-state index in [2.05, 4.69) is 34.8 Å². The van der Waals surface area contributed by atoms with Crippen LogP contribution in [0.3, 0.4) is 0 Å². The van der Waals surface area contributed by atoms with E-state index in [0.717, 1.165) is 28.0 Å². The molecule has 3 rings (SSSR count). The third kappa shape index (κ3) is 5.55. The predicted octanol–water partition coefficient (Wildman–Crippen LogP) is 5.28. The van der Waals surface area contributed by atoms with Gasteiger partial charge >= 0.3 is 0 Å². The average Bonchev–Trinajstić information content (AvgIpc) is 2.74. The molecular weight excluding hydrogens is 360 g/mol. The van der Waals surface area contributed by atoms with E-state index in [1.165, 1.54) is 5.56 Å². The summed E-state index contributed by atoms with van der Waals surface area (Å²) in [4.78, 5) is 12.1. The summed E-state index contributed by atoms with van der Waals surface area (Å²) < 4.78 is 5.61. The topological polar surface area (TPSA) is 50.7 Å². The number of amides is 1. The van der Waals surface area contributed by atoms with Crippen molar-refractivity contribution in [3.63, 3.8) is 0 Å². The zero-order valence-electron chi connectivity index (χ0n) is 17.1. The Bertz CT molecular complexity index is 993. The van der Waals surface area contributed by atoms with Crippen LogP contribution in [0.25, 0.3) is 11.1 Å². The number of ether oxygens (including phenoxy) is 1. The fourth-order valence-electron chi connectivity index (χ4n) is 3.10. The van der Waals surface area contributed by atoms with Gasteiger partial charge in [0, 0.05) is 0 Å². The second-order valence-electron chi connectivity index (χ2n) is 6.95. The highest BCUT2D eigenvalue weighted by Crippen LogP contribution is 2.20. The molecule has 0 aliphatic carbocycles. The molecule has 0 aliphatic heterocycles. The van der Waals surface area contributed by atoms with Crippen LogP contribution in [0, 0.1) is 13.8 Å². The summed E-state index contributed by atoms with van der Waals surface area (Å²) in [5.74, 6) is 0.429. The second-order valence-corrected chi connectivity index (χ2v) is 6.95. The molecule has 0 spiro atoms. The molecule has 3 aromatic carbocycles. The second kappa shape index (κ2) is 9.69. The lowest BCUT2D eigenvalue weighted by Gasteiger charge is -2.10. The van der Waals surface area contributed by atoms with Gasteiger partial charge in [0.1, 0.15) is 5.75 Å². The van der Waals surface area contributed by atoms with E-state index in [4.69, 9.17) is 4.74 Å². The van der Waals surface area contributed by atoms with Crippen molar-refractivity contribution in [1.29, 1.82) is 0 Å². The van der Waals surface area contributed by atoms with Gasteiger partial charge < -0.3 is 4.74 Å². The fraction of sp³-hybridized carbons (Fsp3) is 0.200. The molecule has 4 heteroatoms. The van der Waals surface area contributed by atoms with Crippen molar-refractivity contribution < 1.29 is 9.53 Å². The SMILES string of the molecule is CC/C(=N\NC(=O)COc1ccc(C)cc1C)c1ccc(-c2ccccc2)cc1. The maximum Gasteiger partial charge on any atom is 0.277 e. The Hall–Kier alpha value is -3.40. The van der Waals surface area contributed by atoms with Crippen molar-refractivity contribution in [3.8, 4) is 16.9 Å².